The van der Waals surface area contributed by atoms with Crippen LogP contribution in [0, 0.1) is 12.7 Å². The lowest BCUT2D eigenvalue weighted by molar-refractivity contribution is 0.224. The highest BCUT2D eigenvalue weighted by Gasteiger charge is 2.21. The van der Waals surface area contributed by atoms with Gasteiger partial charge in [-0.05, 0) is 12.5 Å². The Balaban J connectivity index is 2.42. The lowest BCUT2D eigenvalue weighted by Gasteiger charge is -2.08. The maximum absolute atomic E-state index is 13.4. The number of hydrogen-bond acceptors (Lipinski definition) is 2. The fourth-order valence-corrected chi connectivity index (χ4v) is 2.85. The van der Waals surface area contributed by atoms with Gasteiger partial charge in [-0.15, -0.1) is 11.3 Å². The van der Waals surface area contributed by atoms with Gasteiger partial charge in [0.1, 0.15) is 6.10 Å². The van der Waals surface area contributed by atoms with Crippen LogP contribution in [0.2, 0.25) is 5.02 Å². The molecule has 0 fully saturated rings. The molecule has 0 aliphatic heterocycles. The van der Waals surface area contributed by atoms with E-state index in [9.17, 15) is 9.50 Å². The van der Waals surface area contributed by atoms with E-state index in [0.29, 0.717) is 15.3 Å². The van der Waals surface area contributed by atoms with Gasteiger partial charge in [0.05, 0.1) is 9.90 Å². The van der Waals surface area contributed by atoms with Gasteiger partial charge in [0.2, 0.25) is 0 Å². The third-order valence-corrected chi connectivity index (χ3v) is 3.96. The average Bonchev–Trinajstić information content (AvgIpc) is 2.57. The number of aliphatic hydroxyl groups excluding tert-OH is 1. The average molecular weight is 257 g/mol. The van der Waals surface area contributed by atoms with Gasteiger partial charge < -0.3 is 5.11 Å². The van der Waals surface area contributed by atoms with Crippen molar-refractivity contribution in [2.45, 2.75) is 13.0 Å². The van der Waals surface area contributed by atoms with E-state index in [-0.39, 0.29) is 5.02 Å². The monoisotopic (exact) mass is 256 g/mol. The van der Waals surface area contributed by atoms with Crippen LogP contribution in [0.15, 0.2) is 30.3 Å². The molecule has 1 unspecified atom stereocenters. The number of hydrogen-bond donors (Lipinski definition) is 1. The summed E-state index contributed by atoms with van der Waals surface area (Å²) >= 11 is 7.02. The van der Waals surface area contributed by atoms with Gasteiger partial charge in [0.25, 0.3) is 0 Å². The summed E-state index contributed by atoms with van der Waals surface area (Å²) in [4.78, 5) is 0.956. The van der Waals surface area contributed by atoms with E-state index in [2.05, 4.69) is 0 Å². The van der Waals surface area contributed by atoms with E-state index in [1.165, 1.54) is 11.3 Å². The van der Waals surface area contributed by atoms with Crippen molar-refractivity contribution in [3.63, 3.8) is 0 Å². The molecule has 1 heterocycles. The highest BCUT2D eigenvalue weighted by Crippen LogP contribution is 2.37. The Kier molecular flexibility index (Phi) is 3.28. The Hall–Kier alpha value is -0.900. The van der Waals surface area contributed by atoms with Crippen LogP contribution in [0.4, 0.5) is 4.39 Å². The van der Waals surface area contributed by atoms with E-state index >= 15 is 0 Å². The molecule has 84 valence electrons. The van der Waals surface area contributed by atoms with Crippen LogP contribution in [-0.2, 0) is 0 Å². The Morgan fingerprint density at radius 3 is 2.44 bits per heavy atom. The van der Waals surface area contributed by atoms with E-state index in [4.69, 9.17) is 11.6 Å². The molecule has 2 rings (SSSR count). The minimum atomic E-state index is -0.859. The molecule has 0 bridgehead atoms. The van der Waals surface area contributed by atoms with Gasteiger partial charge in [0.15, 0.2) is 5.82 Å². The number of thiophene rings is 1. The summed E-state index contributed by atoms with van der Waals surface area (Å²) in [5.41, 5.74) is 0.714. The molecular weight excluding hydrogens is 247 g/mol. The summed E-state index contributed by atoms with van der Waals surface area (Å²) < 4.78 is 13.4. The van der Waals surface area contributed by atoms with Crippen LogP contribution >= 0.6 is 22.9 Å². The molecule has 0 spiro atoms. The summed E-state index contributed by atoms with van der Waals surface area (Å²) in [7, 11) is 0. The first-order valence-electron chi connectivity index (χ1n) is 4.78. The van der Waals surface area contributed by atoms with Crippen molar-refractivity contribution in [3.8, 4) is 0 Å². The number of halogens is 2. The third-order valence-electron chi connectivity index (χ3n) is 2.34. The van der Waals surface area contributed by atoms with E-state index in [1.54, 1.807) is 19.1 Å². The molecule has 0 saturated heterocycles. The molecule has 0 aliphatic carbocycles. The molecule has 1 atom stereocenters. The minimum Gasteiger partial charge on any atom is -0.383 e. The summed E-state index contributed by atoms with van der Waals surface area (Å²) in [5.74, 6) is -0.434. The standard InChI is InChI=1S/C12H10ClFOS/c1-7-10(14)9(13)12(16-7)11(15)8-5-3-2-4-6-8/h2-6,11,15H,1H3. The second-order valence-corrected chi connectivity index (χ2v) is 5.10. The number of benzene rings is 1. The van der Waals surface area contributed by atoms with Crippen LogP contribution in [0.1, 0.15) is 21.4 Å². The number of rotatable bonds is 2. The zero-order chi connectivity index (χ0) is 11.7. The quantitative estimate of drug-likeness (QED) is 0.863. The van der Waals surface area contributed by atoms with Crippen molar-refractivity contribution >= 4 is 22.9 Å². The SMILES string of the molecule is Cc1sc(C(O)c2ccccc2)c(Cl)c1F. The molecule has 0 amide bonds. The van der Waals surface area contributed by atoms with Crippen molar-refractivity contribution in [2.24, 2.45) is 0 Å². The summed E-state index contributed by atoms with van der Waals surface area (Å²) in [5, 5.41) is 10.1. The predicted molar refractivity (Wildman–Crippen MR) is 64.5 cm³/mol. The fourth-order valence-electron chi connectivity index (χ4n) is 1.48. The van der Waals surface area contributed by atoms with Crippen LogP contribution < -0.4 is 0 Å². The Morgan fingerprint density at radius 1 is 1.31 bits per heavy atom. The van der Waals surface area contributed by atoms with Gasteiger partial charge in [-0.1, -0.05) is 41.9 Å². The molecule has 0 aliphatic rings. The zero-order valence-electron chi connectivity index (χ0n) is 8.58. The maximum Gasteiger partial charge on any atom is 0.155 e. The first kappa shape index (κ1) is 11.6. The zero-order valence-corrected chi connectivity index (χ0v) is 10.1. The highest BCUT2D eigenvalue weighted by atomic mass is 35.5. The van der Waals surface area contributed by atoms with Crippen LogP contribution in [-0.4, -0.2) is 5.11 Å². The van der Waals surface area contributed by atoms with E-state index < -0.39 is 11.9 Å². The largest absolute Gasteiger partial charge is 0.383 e. The molecule has 0 radical (unpaired) electrons. The first-order chi connectivity index (χ1) is 7.61. The summed E-state index contributed by atoms with van der Waals surface area (Å²) in [6.07, 6.45) is -0.859. The van der Waals surface area contributed by atoms with Crippen molar-refractivity contribution < 1.29 is 9.50 Å². The van der Waals surface area contributed by atoms with Gasteiger partial charge in [-0.3, -0.25) is 0 Å². The lowest BCUT2D eigenvalue weighted by atomic mass is 10.1. The second kappa shape index (κ2) is 4.53. The second-order valence-electron chi connectivity index (χ2n) is 3.46. The van der Waals surface area contributed by atoms with E-state index in [1.807, 2.05) is 18.2 Å². The van der Waals surface area contributed by atoms with Crippen LogP contribution in [0.5, 0.6) is 0 Å². The molecule has 1 aromatic heterocycles. The van der Waals surface area contributed by atoms with Gasteiger partial charge in [-0.25, -0.2) is 4.39 Å². The Morgan fingerprint density at radius 2 is 1.94 bits per heavy atom. The van der Waals surface area contributed by atoms with Gasteiger partial charge in [-0.2, -0.15) is 0 Å². The molecule has 16 heavy (non-hydrogen) atoms. The molecule has 1 N–H and O–H groups in total. The third kappa shape index (κ3) is 1.98. The van der Waals surface area contributed by atoms with Crippen LogP contribution in [0.3, 0.4) is 0 Å². The topological polar surface area (TPSA) is 20.2 Å². The summed E-state index contributed by atoms with van der Waals surface area (Å²) in [6, 6.07) is 9.08. The molecule has 0 saturated carbocycles. The molecule has 4 heteroatoms. The van der Waals surface area contributed by atoms with E-state index in [0.717, 1.165) is 0 Å². The fraction of sp³-hybridized carbons (Fsp3) is 0.167. The maximum atomic E-state index is 13.4. The number of aliphatic hydroxyl groups is 1. The summed E-state index contributed by atoms with van der Waals surface area (Å²) in [6.45, 7) is 1.65. The van der Waals surface area contributed by atoms with Gasteiger partial charge >= 0.3 is 0 Å². The lowest BCUT2D eigenvalue weighted by Crippen LogP contribution is -1.97. The number of aryl methyl sites for hydroxylation is 1. The van der Waals surface area contributed by atoms with Crippen LogP contribution in [0.25, 0.3) is 0 Å². The first-order valence-corrected chi connectivity index (χ1v) is 5.98. The molecule has 1 aromatic carbocycles. The predicted octanol–water partition coefficient (Wildman–Crippen LogP) is 3.93. The normalized spacial score (nSPS) is 12.8. The van der Waals surface area contributed by atoms with Crippen molar-refractivity contribution in [1.29, 1.82) is 0 Å². The van der Waals surface area contributed by atoms with Crippen molar-refractivity contribution in [1.82, 2.24) is 0 Å². The molecular formula is C12H10ClFOS. The van der Waals surface area contributed by atoms with Crippen molar-refractivity contribution in [2.75, 3.05) is 0 Å². The van der Waals surface area contributed by atoms with Crippen molar-refractivity contribution in [3.05, 3.63) is 56.5 Å². The molecule has 2 aromatic rings. The van der Waals surface area contributed by atoms with Gasteiger partial charge in [0, 0.05) is 4.88 Å². The highest BCUT2D eigenvalue weighted by molar-refractivity contribution is 7.12. The molecule has 1 nitrogen and oxygen atoms in total. The smallest absolute Gasteiger partial charge is 0.155 e. The Labute approximate surface area is 102 Å². The minimum absolute atomic E-state index is 0.0267. The Bertz CT molecular complexity index is 495.